The lowest BCUT2D eigenvalue weighted by Gasteiger charge is -2.05. The van der Waals surface area contributed by atoms with Crippen molar-refractivity contribution in [1.29, 1.82) is 0 Å². The van der Waals surface area contributed by atoms with Crippen LogP contribution in [0.2, 0.25) is 0 Å². The number of hydrogen-bond acceptors (Lipinski definition) is 5. The van der Waals surface area contributed by atoms with Crippen LogP contribution in [0.15, 0.2) is 23.7 Å². The number of pyridine rings is 1. The van der Waals surface area contributed by atoms with Crippen molar-refractivity contribution in [3.8, 4) is 0 Å². The molecule has 0 saturated heterocycles. The van der Waals surface area contributed by atoms with Crippen LogP contribution in [-0.4, -0.2) is 33.5 Å². The maximum Gasteiger partial charge on any atom is 0.355 e. The largest absolute Gasteiger partial charge is 0.476 e. The predicted octanol–water partition coefficient (Wildman–Crippen LogP) is 1.45. The summed E-state index contributed by atoms with van der Waals surface area (Å²) in [5.41, 5.74) is 1.79. The maximum atomic E-state index is 11.8. The Balaban J connectivity index is 1.79. The molecule has 0 unspecified atom stereocenters. The third kappa shape index (κ3) is 4.35. The molecule has 0 fully saturated rings. The van der Waals surface area contributed by atoms with Crippen LogP contribution in [-0.2, 0) is 17.6 Å². The molecule has 2 rings (SSSR count). The molecule has 6 nitrogen and oxygen atoms in total. The standard InChI is InChI=1S/C14H15N3O3S/c1-9-3-2-5-15-10(9)7-12(18)16-6-4-13-17-11(8-21-13)14(19)20/h2-3,5,8H,4,6-7H2,1H3,(H,16,18)(H,19,20). The fourth-order valence-corrected chi connectivity index (χ4v) is 2.52. The molecule has 2 aromatic rings. The van der Waals surface area contributed by atoms with E-state index >= 15 is 0 Å². The van der Waals surface area contributed by atoms with Crippen molar-refractivity contribution in [2.75, 3.05) is 6.54 Å². The number of carbonyl (C=O) groups excluding carboxylic acids is 1. The first-order chi connectivity index (χ1) is 10.1. The van der Waals surface area contributed by atoms with Crippen LogP contribution >= 0.6 is 11.3 Å². The fraction of sp³-hybridized carbons (Fsp3) is 0.286. The second kappa shape index (κ2) is 6.94. The van der Waals surface area contributed by atoms with E-state index < -0.39 is 5.97 Å². The van der Waals surface area contributed by atoms with E-state index in [1.165, 1.54) is 16.7 Å². The van der Waals surface area contributed by atoms with Crippen molar-refractivity contribution in [3.63, 3.8) is 0 Å². The number of carbonyl (C=O) groups is 2. The van der Waals surface area contributed by atoms with Crippen molar-refractivity contribution in [2.24, 2.45) is 0 Å². The number of thiazole rings is 1. The van der Waals surface area contributed by atoms with Gasteiger partial charge >= 0.3 is 5.97 Å². The van der Waals surface area contributed by atoms with Crippen LogP contribution in [0.25, 0.3) is 0 Å². The quantitative estimate of drug-likeness (QED) is 0.842. The van der Waals surface area contributed by atoms with Crippen LogP contribution < -0.4 is 5.32 Å². The van der Waals surface area contributed by atoms with E-state index in [2.05, 4.69) is 15.3 Å². The average molecular weight is 305 g/mol. The SMILES string of the molecule is Cc1cccnc1CC(=O)NCCc1nc(C(=O)O)cs1. The lowest BCUT2D eigenvalue weighted by atomic mass is 10.1. The predicted molar refractivity (Wildman–Crippen MR) is 78.5 cm³/mol. The summed E-state index contributed by atoms with van der Waals surface area (Å²) in [5, 5.41) is 13.7. The molecular weight excluding hydrogens is 290 g/mol. The number of aromatic carboxylic acids is 1. The number of nitrogens with zero attached hydrogens (tertiary/aromatic N) is 2. The Labute approximate surface area is 125 Å². The molecule has 0 spiro atoms. The molecule has 2 aromatic heterocycles. The Kier molecular flexibility index (Phi) is 4.99. The first kappa shape index (κ1) is 15.1. The van der Waals surface area contributed by atoms with E-state index in [4.69, 9.17) is 5.11 Å². The summed E-state index contributed by atoms with van der Waals surface area (Å²) in [6.07, 6.45) is 2.43. The molecule has 2 heterocycles. The highest BCUT2D eigenvalue weighted by molar-refractivity contribution is 7.09. The van der Waals surface area contributed by atoms with Gasteiger partial charge < -0.3 is 10.4 Å². The average Bonchev–Trinajstić information content (AvgIpc) is 2.90. The number of aryl methyl sites for hydroxylation is 1. The lowest BCUT2D eigenvalue weighted by molar-refractivity contribution is -0.120. The van der Waals surface area contributed by atoms with E-state index in [1.807, 2.05) is 19.1 Å². The van der Waals surface area contributed by atoms with E-state index in [9.17, 15) is 9.59 Å². The summed E-state index contributed by atoms with van der Waals surface area (Å²) in [6, 6.07) is 3.75. The second-order valence-electron chi connectivity index (χ2n) is 4.48. The van der Waals surface area contributed by atoms with E-state index in [0.717, 1.165) is 11.3 Å². The monoisotopic (exact) mass is 305 g/mol. The van der Waals surface area contributed by atoms with Gasteiger partial charge in [0, 0.05) is 24.5 Å². The van der Waals surface area contributed by atoms with Crippen LogP contribution in [0, 0.1) is 6.92 Å². The van der Waals surface area contributed by atoms with Gasteiger partial charge in [-0.15, -0.1) is 11.3 Å². The van der Waals surface area contributed by atoms with Crippen LogP contribution in [0.1, 0.15) is 26.8 Å². The number of carboxylic acids is 1. The Morgan fingerprint density at radius 1 is 1.43 bits per heavy atom. The molecule has 0 atom stereocenters. The molecule has 0 aliphatic rings. The molecule has 0 aromatic carbocycles. The van der Waals surface area contributed by atoms with Crippen molar-refractivity contribution >= 4 is 23.2 Å². The minimum absolute atomic E-state index is 0.0467. The number of amides is 1. The molecule has 7 heteroatoms. The molecule has 2 N–H and O–H groups in total. The first-order valence-electron chi connectivity index (χ1n) is 6.41. The van der Waals surface area contributed by atoms with Crippen molar-refractivity contribution in [2.45, 2.75) is 19.8 Å². The van der Waals surface area contributed by atoms with Gasteiger partial charge in [-0.3, -0.25) is 9.78 Å². The fourth-order valence-electron chi connectivity index (χ4n) is 1.75. The third-order valence-corrected chi connectivity index (χ3v) is 3.79. The zero-order valence-corrected chi connectivity index (χ0v) is 12.3. The van der Waals surface area contributed by atoms with Gasteiger partial charge in [0.05, 0.1) is 17.1 Å². The summed E-state index contributed by atoms with van der Waals surface area (Å²) in [6.45, 7) is 2.34. The molecule has 0 saturated carbocycles. The van der Waals surface area contributed by atoms with E-state index in [-0.39, 0.29) is 18.0 Å². The molecule has 0 aliphatic heterocycles. The first-order valence-corrected chi connectivity index (χ1v) is 7.29. The number of nitrogens with one attached hydrogen (secondary N) is 1. The zero-order chi connectivity index (χ0) is 15.2. The Hall–Kier alpha value is -2.28. The van der Waals surface area contributed by atoms with Gasteiger partial charge in [-0.2, -0.15) is 0 Å². The highest BCUT2D eigenvalue weighted by Crippen LogP contribution is 2.10. The molecule has 1 amide bonds. The summed E-state index contributed by atoms with van der Waals surface area (Å²) in [5.74, 6) is -1.14. The Bertz CT molecular complexity index is 654. The van der Waals surface area contributed by atoms with Gasteiger partial charge in [0.2, 0.25) is 5.91 Å². The van der Waals surface area contributed by atoms with Gasteiger partial charge in [-0.25, -0.2) is 9.78 Å². The van der Waals surface area contributed by atoms with Crippen LogP contribution in [0.4, 0.5) is 0 Å². The molecule has 0 radical (unpaired) electrons. The number of carboxylic acid groups (broad SMARTS) is 1. The normalized spacial score (nSPS) is 10.3. The lowest BCUT2D eigenvalue weighted by Crippen LogP contribution is -2.27. The van der Waals surface area contributed by atoms with Crippen LogP contribution in [0.5, 0.6) is 0 Å². The summed E-state index contributed by atoms with van der Waals surface area (Å²) < 4.78 is 0. The molecule has 110 valence electrons. The summed E-state index contributed by atoms with van der Waals surface area (Å²) in [7, 11) is 0. The van der Waals surface area contributed by atoms with Crippen molar-refractivity contribution < 1.29 is 14.7 Å². The smallest absolute Gasteiger partial charge is 0.355 e. The van der Waals surface area contributed by atoms with Crippen molar-refractivity contribution in [3.05, 3.63) is 45.7 Å². The topological polar surface area (TPSA) is 92.2 Å². The molecule has 0 aliphatic carbocycles. The van der Waals surface area contributed by atoms with E-state index in [0.29, 0.717) is 18.0 Å². The van der Waals surface area contributed by atoms with Gasteiger partial charge in [0.15, 0.2) is 5.69 Å². The van der Waals surface area contributed by atoms with Crippen LogP contribution in [0.3, 0.4) is 0 Å². The Morgan fingerprint density at radius 2 is 2.24 bits per heavy atom. The Morgan fingerprint density at radius 3 is 2.90 bits per heavy atom. The minimum atomic E-state index is -1.04. The highest BCUT2D eigenvalue weighted by atomic mass is 32.1. The van der Waals surface area contributed by atoms with E-state index in [1.54, 1.807) is 6.20 Å². The maximum absolute atomic E-state index is 11.8. The molecule has 0 bridgehead atoms. The second-order valence-corrected chi connectivity index (χ2v) is 5.42. The number of hydrogen-bond donors (Lipinski definition) is 2. The number of rotatable bonds is 6. The molecular formula is C14H15N3O3S. The summed E-state index contributed by atoms with van der Waals surface area (Å²) in [4.78, 5) is 30.6. The highest BCUT2D eigenvalue weighted by Gasteiger charge is 2.10. The van der Waals surface area contributed by atoms with Gasteiger partial charge in [-0.1, -0.05) is 6.07 Å². The van der Waals surface area contributed by atoms with Crippen molar-refractivity contribution in [1.82, 2.24) is 15.3 Å². The minimum Gasteiger partial charge on any atom is -0.476 e. The zero-order valence-electron chi connectivity index (χ0n) is 11.5. The number of aromatic nitrogens is 2. The van der Waals surface area contributed by atoms with Gasteiger partial charge in [0.25, 0.3) is 0 Å². The third-order valence-electron chi connectivity index (χ3n) is 2.88. The molecule has 21 heavy (non-hydrogen) atoms. The summed E-state index contributed by atoms with van der Waals surface area (Å²) >= 11 is 1.28. The van der Waals surface area contributed by atoms with Gasteiger partial charge in [0.1, 0.15) is 0 Å². The van der Waals surface area contributed by atoms with Gasteiger partial charge in [-0.05, 0) is 18.6 Å².